The van der Waals surface area contributed by atoms with Crippen molar-refractivity contribution in [1.29, 1.82) is 0 Å². The van der Waals surface area contributed by atoms with Crippen LogP contribution in [0.1, 0.15) is 64.2 Å². The van der Waals surface area contributed by atoms with Crippen LogP contribution >= 0.6 is 0 Å². The van der Waals surface area contributed by atoms with E-state index in [-0.39, 0.29) is 13.2 Å². The van der Waals surface area contributed by atoms with E-state index >= 15 is 0 Å². The molecular weight excluding hydrogens is 252 g/mol. The summed E-state index contributed by atoms with van der Waals surface area (Å²) in [5, 5.41) is 17.7. The number of rotatable bonds is 5. The fraction of sp³-hybridized carbons (Fsp3) is 1.00. The molecule has 0 atom stereocenters. The molecule has 2 saturated carbocycles. The second kappa shape index (κ2) is 11.5. The monoisotopic (exact) mass is 286 g/mol. The van der Waals surface area contributed by atoms with Crippen LogP contribution in [-0.4, -0.2) is 53.5 Å². The molecule has 20 heavy (non-hydrogen) atoms. The fourth-order valence-electron chi connectivity index (χ4n) is 3.31. The van der Waals surface area contributed by atoms with Gasteiger partial charge in [-0.15, -0.1) is 0 Å². The molecule has 0 unspecified atom stereocenters. The van der Waals surface area contributed by atoms with Crippen LogP contribution in [-0.2, 0) is 0 Å². The van der Waals surface area contributed by atoms with E-state index in [4.69, 9.17) is 15.9 Å². The summed E-state index contributed by atoms with van der Waals surface area (Å²) in [5.41, 5.74) is 5.63. The third-order valence-electron chi connectivity index (χ3n) is 4.52. The van der Waals surface area contributed by atoms with Crippen molar-refractivity contribution in [2.75, 3.05) is 26.3 Å². The summed E-state index contributed by atoms with van der Waals surface area (Å²) < 4.78 is 0. The average molecular weight is 286 g/mol. The normalized spacial score (nSPS) is 21.6. The lowest BCUT2D eigenvalue weighted by Crippen LogP contribution is -2.40. The lowest BCUT2D eigenvalue weighted by molar-refractivity contribution is 0.101. The van der Waals surface area contributed by atoms with Crippen LogP contribution in [0.15, 0.2) is 0 Å². The van der Waals surface area contributed by atoms with Gasteiger partial charge in [0, 0.05) is 25.2 Å². The Morgan fingerprint density at radius 2 is 1.20 bits per heavy atom. The summed E-state index contributed by atoms with van der Waals surface area (Å²) >= 11 is 0. The molecular formula is C16H34N2O2. The molecule has 0 aromatic rings. The van der Waals surface area contributed by atoms with Gasteiger partial charge in [-0.25, -0.2) is 0 Å². The van der Waals surface area contributed by atoms with Crippen molar-refractivity contribution in [3.05, 3.63) is 0 Å². The Labute approximate surface area is 124 Å². The second-order valence-electron chi connectivity index (χ2n) is 6.17. The molecule has 0 radical (unpaired) electrons. The minimum absolute atomic E-state index is 0.205. The molecule has 4 heteroatoms. The molecule has 0 aromatic heterocycles. The molecule has 0 spiro atoms. The Morgan fingerprint density at radius 1 is 0.750 bits per heavy atom. The minimum atomic E-state index is 0.205. The van der Waals surface area contributed by atoms with Crippen LogP contribution in [0.25, 0.3) is 0 Å². The maximum absolute atomic E-state index is 8.87. The van der Waals surface area contributed by atoms with Gasteiger partial charge in [0.25, 0.3) is 0 Å². The van der Waals surface area contributed by atoms with Crippen molar-refractivity contribution in [3.63, 3.8) is 0 Å². The van der Waals surface area contributed by atoms with Crippen molar-refractivity contribution < 1.29 is 10.2 Å². The standard InChI is InChI=1S/C10H21NO2.C6H13N/c12-8-6-11(7-9-13)10-4-2-1-3-5-10;7-6-4-2-1-3-5-6/h10,12-13H,1-9H2;6H,1-5,7H2. The average Bonchev–Trinajstić information content (AvgIpc) is 2.49. The van der Waals surface area contributed by atoms with Gasteiger partial charge in [0.1, 0.15) is 0 Å². The Morgan fingerprint density at radius 3 is 1.55 bits per heavy atom. The first-order valence-corrected chi connectivity index (χ1v) is 8.49. The third-order valence-corrected chi connectivity index (χ3v) is 4.52. The first-order valence-electron chi connectivity index (χ1n) is 8.49. The molecule has 0 bridgehead atoms. The van der Waals surface area contributed by atoms with Crippen LogP contribution in [0.4, 0.5) is 0 Å². The van der Waals surface area contributed by atoms with E-state index < -0.39 is 0 Å². The van der Waals surface area contributed by atoms with Gasteiger partial charge in [0.05, 0.1) is 13.2 Å². The predicted octanol–water partition coefficient (Wildman–Crippen LogP) is 1.88. The number of hydrogen-bond donors (Lipinski definition) is 3. The number of hydrogen-bond acceptors (Lipinski definition) is 4. The second-order valence-corrected chi connectivity index (χ2v) is 6.17. The largest absolute Gasteiger partial charge is 0.395 e. The summed E-state index contributed by atoms with van der Waals surface area (Å²) in [7, 11) is 0. The summed E-state index contributed by atoms with van der Waals surface area (Å²) in [6.07, 6.45) is 13.1. The van der Waals surface area contributed by atoms with E-state index in [2.05, 4.69) is 4.90 Å². The Kier molecular flexibility index (Phi) is 10.3. The van der Waals surface area contributed by atoms with E-state index in [9.17, 15) is 0 Å². The Balaban J connectivity index is 0.000000240. The molecule has 0 aromatic carbocycles. The molecule has 2 fully saturated rings. The summed E-state index contributed by atoms with van der Waals surface area (Å²) in [6, 6.07) is 1.14. The zero-order valence-electron chi connectivity index (χ0n) is 13.0. The molecule has 0 amide bonds. The van der Waals surface area contributed by atoms with E-state index in [1.807, 2.05) is 0 Å². The van der Waals surface area contributed by atoms with Crippen LogP contribution in [0, 0.1) is 0 Å². The molecule has 0 heterocycles. The quantitative estimate of drug-likeness (QED) is 0.722. The van der Waals surface area contributed by atoms with E-state index in [0.29, 0.717) is 25.2 Å². The zero-order chi connectivity index (χ0) is 14.6. The molecule has 4 nitrogen and oxygen atoms in total. The summed E-state index contributed by atoms with van der Waals surface area (Å²) in [5.74, 6) is 0. The Bertz CT molecular complexity index is 209. The number of nitrogens with zero attached hydrogens (tertiary/aromatic N) is 1. The molecule has 0 aliphatic heterocycles. The van der Waals surface area contributed by atoms with Crippen molar-refractivity contribution in [3.8, 4) is 0 Å². The SMILES string of the molecule is NC1CCCCC1.OCCN(CCO)C1CCCCC1. The molecule has 4 N–H and O–H groups in total. The van der Waals surface area contributed by atoms with Crippen LogP contribution in [0.2, 0.25) is 0 Å². The van der Waals surface area contributed by atoms with Gasteiger partial charge in [-0.05, 0) is 25.7 Å². The van der Waals surface area contributed by atoms with Crippen molar-refractivity contribution in [2.24, 2.45) is 5.73 Å². The van der Waals surface area contributed by atoms with Crippen molar-refractivity contribution in [1.82, 2.24) is 4.90 Å². The lowest BCUT2D eigenvalue weighted by Gasteiger charge is -2.33. The highest BCUT2D eigenvalue weighted by molar-refractivity contribution is 4.75. The zero-order valence-corrected chi connectivity index (χ0v) is 13.0. The van der Waals surface area contributed by atoms with Gasteiger partial charge in [-0.3, -0.25) is 4.90 Å². The van der Waals surface area contributed by atoms with E-state index in [0.717, 1.165) is 0 Å². The topological polar surface area (TPSA) is 69.7 Å². The predicted molar refractivity (Wildman–Crippen MR) is 83.7 cm³/mol. The van der Waals surface area contributed by atoms with Crippen LogP contribution in [0.3, 0.4) is 0 Å². The Hall–Kier alpha value is -0.160. The number of aliphatic hydroxyl groups excluding tert-OH is 2. The molecule has 0 saturated heterocycles. The third kappa shape index (κ3) is 7.58. The van der Waals surface area contributed by atoms with Crippen LogP contribution < -0.4 is 5.73 Å². The highest BCUT2D eigenvalue weighted by Crippen LogP contribution is 2.22. The number of nitrogens with two attached hydrogens (primary N) is 1. The molecule has 2 rings (SSSR count). The number of aliphatic hydroxyl groups is 2. The maximum Gasteiger partial charge on any atom is 0.0558 e. The van der Waals surface area contributed by atoms with Crippen molar-refractivity contribution >= 4 is 0 Å². The summed E-state index contributed by atoms with van der Waals surface area (Å²) in [6.45, 7) is 1.84. The van der Waals surface area contributed by atoms with Gasteiger partial charge in [-0.2, -0.15) is 0 Å². The molecule has 2 aliphatic rings. The molecule has 2 aliphatic carbocycles. The van der Waals surface area contributed by atoms with Gasteiger partial charge in [0.2, 0.25) is 0 Å². The van der Waals surface area contributed by atoms with Gasteiger partial charge in [-0.1, -0.05) is 38.5 Å². The van der Waals surface area contributed by atoms with Gasteiger partial charge in [0.15, 0.2) is 0 Å². The highest BCUT2D eigenvalue weighted by atomic mass is 16.3. The van der Waals surface area contributed by atoms with Crippen molar-refractivity contribution in [2.45, 2.75) is 76.3 Å². The van der Waals surface area contributed by atoms with Gasteiger partial charge >= 0.3 is 0 Å². The van der Waals surface area contributed by atoms with Crippen LogP contribution in [0.5, 0.6) is 0 Å². The smallest absolute Gasteiger partial charge is 0.0558 e. The maximum atomic E-state index is 8.87. The lowest BCUT2D eigenvalue weighted by atomic mass is 9.94. The van der Waals surface area contributed by atoms with Gasteiger partial charge < -0.3 is 15.9 Å². The fourth-order valence-corrected chi connectivity index (χ4v) is 3.31. The highest BCUT2D eigenvalue weighted by Gasteiger charge is 2.19. The first kappa shape index (κ1) is 17.9. The summed E-state index contributed by atoms with van der Waals surface area (Å²) in [4.78, 5) is 2.22. The minimum Gasteiger partial charge on any atom is -0.395 e. The van der Waals surface area contributed by atoms with E-state index in [1.165, 1.54) is 64.2 Å². The first-order chi connectivity index (χ1) is 9.77. The molecule has 120 valence electrons. The van der Waals surface area contributed by atoms with E-state index in [1.54, 1.807) is 0 Å².